The molecule has 51 heavy (non-hydrogen) atoms. The fraction of sp³-hybridized carbons (Fsp3) is 0.936. The molecule has 4 nitrogen and oxygen atoms in total. The summed E-state index contributed by atoms with van der Waals surface area (Å²) in [5.41, 5.74) is 5.80. The molecule has 0 fully saturated rings. The van der Waals surface area contributed by atoms with Crippen LogP contribution in [0.4, 0.5) is 0 Å². The van der Waals surface area contributed by atoms with E-state index in [9.17, 15) is 4.79 Å². The Bertz CT molecular complexity index is 681. The first-order valence-electron chi connectivity index (χ1n) is 23.5. The minimum Gasteiger partial charge on any atom is -0.447 e. The quantitative estimate of drug-likeness (QED) is 0.0285. The number of hydrogen-bond donors (Lipinski definition) is 2. The highest BCUT2D eigenvalue weighted by molar-refractivity contribution is 5.69. The molecule has 0 aromatic rings. The average Bonchev–Trinajstić information content (AvgIpc) is 3.13. The van der Waals surface area contributed by atoms with Gasteiger partial charge >= 0.3 is 5.97 Å². The summed E-state index contributed by atoms with van der Waals surface area (Å²) in [5, 5.41) is 3.44. The minimum atomic E-state index is -0.227. The number of rotatable bonds is 44. The molecule has 0 aliphatic heterocycles. The van der Waals surface area contributed by atoms with Crippen LogP contribution in [0.15, 0.2) is 12.2 Å². The van der Waals surface area contributed by atoms with Gasteiger partial charge in [-0.3, -0.25) is 10.1 Å². The molecule has 4 heteroatoms. The third kappa shape index (κ3) is 43.4. The van der Waals surface area contributed by atoms with Crippen molar-refractivity contribution in [3.63, 3.8) is 0 Å². The summed E-state index contributed by atoms with van der Waals surface area (Å²) in [6.45, 7) is 6.03. The maximum Gasteiger partial charge on any atom is 0.307 e. The van der Waals surface area contributed by atoms with E-state index in [1.54, 1.807) is 0 Å². The number of hydrogen-bond acceptors (Lipinski definition) is 4. The Hall–Kier alpha value is -0.870. The number of nitrogens with one attached hydrogen (secondary N) is 1. The van der Waals surface area contributed by atoms with Crippen LogP contribution in [0.3, 0.4) is 0 Å². The topological polar surface area (TPSA) is 64.3 Å². The van der Waals surface area contributed by atoms with Crippen molar-refractivity contribution in [2.24, 2.45) is 5.73 Å². The molecule has 0 radical (unpaired) electrons. The van der Waals surface area contributed by atoms with Crippen molar-refractivity contribution < 1.29 is 9.53 Å². The van der Waals surface area contributed by atoms with Crippen molar-refractivity contribution in [3.05, 3.63) is 12.2 Å². The molecule has 0 aromatic carbocycles. The van der Waals surface area contributed by atoms with Gasteiger partial charge in [-0.2, -0.15) is 0 Å². The van der Waals surface area contributed by atoms with Crippen molar-refractivity contribution in [1.29, 1.82) is 0 Å². The third-order valence-corrected chi connectivity index (χ3v) is 10.7. The molecule has 0 heterocycles. The monoisotopic (exact) mass is 719 g/mol. The van der Waals surface area contributed by atoms with Gasteiger partial charge < -0.3 is 10.5 Å². The molecule has 304 valence electrons. The van der Waals surface area contributed by atoms with Crippen LogP contribution in [0.2, 0.25) is 0 Å². The van der Waals surface area contributed by atoms with E-state index in [4.69, 9.17) is 10.5 Å². The molecule has 0 aliphatic carbocycles. The Balaban J connectivity index is 3.44. The lowest BCUT2D eigenvalue weighted by Crippen LogP contribution is -2.36. The summed E-state index contributed by atoms with van der Waals surface area (Å²) >= 11 is 0. The Labute approximate surface area is 321 Å². The molecule has 0 saturated heterocycles. The molecule has 0 aromatic heterocycles. The Morgan fingerprint density at radius 1 is 0.471 bits per heavy atom. The summed E-state index contributed by atoms with van der Waals surface area (Å²) in [4.78, 5) is 12.4. The molecule has 1 unspecified atom stereocenters. The number of nitrogens with two attached hydrogens (primary N) is 1. The lowest BCUT2D eigenvalue weighted by atomic mass is 10.0. The molecule has 3 N–H and O–H groups in total. The highest BCUT2D eigenvalue weighted by Gasteiger charge is 2.12. The van der Waals surface area contributed by atoms with Crippen molar-refractivity contribution in [2.45, 2.75) is 270 Å². The van der Waals surface area contributed by atoms with E-state index in [0.29, 0.717) is 19.4 Å². The molecule has 0 bridgehead atoms. The van der Waals surface area contributed by atoms with Crippen LogP contribution in [0, 0.1) is 0 Å². The predicted molar refractivity (Wildman–Crippen MR) is 227 cm³/mol. The second-order valence-electron chi connectivity index (χ2n) is 16.0. The zero-order valence-electron chi connectivity index (χ0n) is 35.1. The lowest BCUT2D eigenvalue weighted by Gasteiger charge is -2.19. The normalized spacial score (nSPS) is 12.3. The van der Waals surface area contributed by atoms with Crippen LogP contribution in [0.5, 0.6) is 0 Å². The number of esters is 1. The van der Waals surface area contributed by atoms with Crippen LogP contribution >= 0.6 is 0 Å². The van der Waals surface area contributed by atoms with Crippen LogP contribution in [0.1, 0.15) is 264 Å². The zero-order chi connectivity index (χ0) is 37.0. The molecule has 0 spiro atoms. The molecule has 0 aliphatic rings. The molecule has 1 atom stereocenters. The van der Waals surface area contributed by atoms with Crippen molar-refractivity contribution in [1.82, 2.24) is 5.32 Å². The first-order valence-corrected chi connectivity index (χ1v) is 23.5. The van der Waals surface area contributed by atoms with Gasteiger partial charge in [-0.05, 0) is 51.6 Å². The fourth-order valence-corrected chi connectivity index (χ4v) is 7.26. The van der Waals surface area contributed by atoms with Crippen molar-refractivity contribution in [2.75, 3.05) is 13.1 Å². The van der Waals surface area contributed by atoms with Gasteiger partial charge in [0.15, 0.2) is 6.23 Å². The van der Waals surface area contributed by atoms with Gasteiger partial charge in [-0.1, -0.05) is 225 Å². The van der Waals surface area contributed by atoms with E-state index < -0.39 is 0 Å². The van der Waals surface area contributed by atoms with Crippen LogP contribution in [0.25, 0.3) is 0 Å². The summed E-state index contributed by atoms with van der Waals surface area (Å²) in [6.07, 6.45) is 56.2. The molecule has 0 amide bonds. The average molecular weight is 719 g/mol. The van der Waals surface area contributed by atoms with E-state index >= 15 is 0 Å². The van der Waals surface area contributed by atoms with Gasteiger partial charge in [0.05, 0.1) is 0 Å². The maximum absolute atomic E-state index is 12.4. The van der Waals surface area contributed by atoms with Crippen molar-refractivity contribution >= 4 is 5.97 Å². The fourth-order valence-electron chi connectivity index (χ4n) is 7.26. The third-order valence-electron chi connectivity index (χ3n) is 10.7. The lowest BCUT2D eigenvalue weighted by molar-refractivity contribution is -0.151. The SMILES string of the molecule is CCCCCCCC/C=C\CCCCCCCC(=O)OC(CCN)NCCCCCCCCCCCCCCCCCCCCCCCCCC. The van der Waals surface area contributed by atoms with Gasteiger partial charge in [0, 0.05) is 12.8 Å². The standard InChI is InChI=1S/C47H94N2O2/c1-3-5-7-9-11-13-15-17-19-20-21-22-23-24-25-26-27-29-31-33-35-37-39-41-45-49-46(43-44-48)51-47(50)42-40-38-36-34-32-30-28-18-16-14-12-10-8-6-4-2/h18,28,46,49H,3-17,19-27,29-45,48H2,1-2H3/b28-18-. The second-order valence-corrected chi connectivity index (χ2v) is 16.0. The van der Waals surface area contributed by atoms with E-state index in [-0.39, 0.29) is 12.2 Å². The molecule has 0 saturated carbocycles. The highest BCUT2D eigenvalue weighted by atomic mass is 16.6. The first kappa shape index (κ1) is 50.1. The number of unbranched alkanes of at least 4 members (excludes halogenated alkanes) is 34. The largest absolute Gasteiger partial charge is 0.447 e. The summed E-state index contributed by atoms with van der Waals surface area (Å²) in [7, 11) is 0. The van der Waals surface area contributed by atoms with E-state index in [1.807, 2.05) is 0 Å². The Morgan fingerprint density at radius 3 is 1.14 bits per heavy atom. The zero-order valence-corrected chi connectivity index (χ0v) is 35.1. The summed E-state index contributed by atoms with van der Waals surface area (Å²) in [6, 6.07) is 0. The van der Waals surface area contributed by atoms with Crippen LogP contribution in [-0.2, 0) is 9.53 Å². The number of ether oxygens (including phenoxy) is 1. The van der Waals surface area contributed by atoms with E-state index in [1.165, 1.54) is 218 Å². The van der Waals surface area contributed by atoms with Crippen LogP contribution < -0.4 is 11.1 Å². The van der Waals surface area contributed by atoms with Crippen LogP contribution in [-0.4, -0.2) is 25.3 Å². The summed E-state index contributed by atoms with van der Waals surface area (Å²) in [5.74, 6) is -0.0711. The number of carbonyl (C=O) groups is 1. The number of allylic oxidation sites excluding steroid dienone is 2. The highest BCUT2D eigenvalue weighted by Crippen LogP contribution is 2.16. The first-order chi connectivity index (χ1) is 25.2. The maximum atomic E-state index is 12.4. The van der Waals surface area contributed by atoms with Gasteiger partial charge in [-0.15, -0.1) is 0 Å². The van der Waals surface area contributed by atoms with Gasteiger partial charge in [0.25, 0.3) is 0 Å². The van der Waals surface area contributed by atoms with E-state index in [0.717, 1.165) is 25.8 Å². The van der Waals surface area contributed by atoms with E-state index in [2.05, 4.69) is 31.3 Å². The predicted octanol–water partition coefficient (Wildman–Crippen LogP) is 15.2. The molecular weight excluding hydrogens is 625 g/mol. The Morgan fingerprint density at radius 2 is 0.784 bits per heavy atom. The second kappa shape index (κ2) is 45.3. The van der Waals surface area contributed by atoms with Crippen molar-refractivity contribution in [3.8, 4) is 0 Å². The van der Waals surface area contributed by atoms with Gasteiger partial charge in [-0.25, -0.2) is 0 Å². The summed E-state index contributed by atoms with van der Waals surface area (Å²) < 4.78 is 5.73. The Kier molecular flexibility index (Phi) is 44.5. The van der Waals surface area contributed by atoms with Gasteiger partial charge in [0.1, 0.15) is 0 Å². The number of carbonyl (C=O) groups excluding carboxylic acids is 1. The smallest absolute Gasteiger partial charge is 0.307 e. The minimum absolute atomic E-state index is 0.0711. The van der Waals surface area contributed by atoms with Gasteiger partial charge in [0.2, 0.25) is 0 Å². The molecular formula is C47H94N2O2. The molecule has 0 rings (SSSR count).